The van der Waals surface area contributed by atoms with Crippen molar-refractivity contribution in [2.45, 2.75) is 13.3 Å². The van der Waals surface area contributed by atoms with Crippen LogP contribution in [-0.4, -0.2) is 27.3 Å². The number of benzene rings is 1. The second-order valence-electron chi connectivity index (χ2n) is 5.62. The Balaban J connectivity index is 1.72. The van der Waals surface area contributed by atoms with Gasteiger partial charge in [0.05, 0.1) is 24.9 Å². The van der Waals surface area contributed by atoms with Crippen molar-refractivity contribution < 1.29 is 9.53 Å². The molecule has 3 aromatic rings. The first-order valence-corrected chi connectivity index (χ1v) is 8.11. The molecule has 6 heteroatoms. The number of hydrogen-bond donors (Lipinski definition) is 1. The number of pyridine rings is 1. The van der Waals surface area contributed by atoms with Crippen LogP contribution in [0.1, 0.15) is 12.5 Å². The van der Waals surface area contributed by atoms with Gasteiger partial charge in [0.15, 0.2) is 0 Å². The standard InChI is InChI=1S/C19H20N4O2/c1-3-25-16-7-4-6-15(11-16)17-8-5-9-18(21-17)22-19(24)10-14-12-20-23(2)13-14/h4-9,11-13H,3,10H2,1-2H3,(H,21,22,24). The van der Waals surface area contributed by atoms with E-state index in [2.05, 4.69) is 15.4 Å². The number of aromatic nitrogens is 3. The largest absolute Gasteiger partial charge is 0.494 e. The first-order valence-electron chi connectivity index (χ1n) is 8.11. The molecule has 0 aliphatic heterocycles. The maximum atomic E-state index is 12.2. The van der Waals surface area contributed by atoms with E-state index in [-0.39, 0.29) is 12.3 Å². The summed E-state index contributed by atoms with van der Waals surface area (Å²) in [7, 11) is 1.82. The highest BCUT2D eigenvalue weighted by Gasteiger charge is 2.08. The molecule has 0 aliphatic rings. The first-order chi connectivity index (χ1) is 12.1. The minimum atomic E-state index is -0.124. The summed E-state index contributed by atoms with van der Waals surface area (Å²) in [4.78, 5) is 16.7. The van der Waals surface area contributed by atoms with Crippen LogP contribution in [0.3, 0.4) is 0 Å². The van der Waals surface area contributed by atoms with Gasteiger partial charge in [0.2, 0.25) is 5.91 Å². The molecule has 2 aromatic heterocycles. The fraction of sp³-hybridized carbons (Fsp3) is 0.211. The topological polar surface area (TPSA) is 69.0 Å². The van der Waals surface area contributed by atoms with Crippen molar-refractivity contribution in [1.29, 1.82) is 0 Å². The minimum absolute atomic E-state index is 0.124. The number of amides is 1. The predicted molar refractivity (Wildman–Crippen MR) is 96.4 cm³/mol. The summed E-state index contributed by atoms with van der Waals surface area (Å²) in [6.07, 6.45) is 3.77. The van der Waals surface area contributed by atoms with E-state index in [4.69, 9.17) is 4.74 Å². The minimum Gasteiger partial charge on any atom is -0.494 e. The summed E-state index contributed by atoms with van der Waals surface area (Å²) in [5, 5.41) is 6.89. The molecule has 0 aliphatic carbocycles. The van der Waals surface area contributed by atoms with Crippen molar-refractivity contribution in [2.24, 2.45) is 7.05 Å². The van der Waals surface area contributed by atoms with Crippen LogP contribution >= 0.6 is 0 Å². The number of carbonyl (C=O) groups is 1. The molecule has 2 heterocycles. The lowest BCUT2D eigenvalue weighted by atomic mass is 10.1. The normalized spacial score (nSPS) is 10.5. The third-order valence-electron chi connectivity index (χ3n) is 3.58. The van der Waals surface area contributed by atoms with Crippen molar-refractivity contribution in [3.05, 3.63) is 60.4 Å². The molecule has 6 nitrogen and oxygen atoms in total. The third kappa shape index (κ3) is 4.44. The second-order valence-corrected chi connectivity index (χ2v) is 5.62. The van der Waals surface area contributed by atoms with Crippen molar-refractivity contribution in [3.8, 4) is 17.0 Å². The van der Waals surface area contributed by atoms with Crippen molar-refractivity contribution >= 4 is 11.7 Å². The summed E-state index contributed by atoms with van der Waals surface area (Å²) < 4.78 is 7.20. The number of nitrogens with zero attached hydrogens (tertiary/aromatic N) is 3. The van der Waals surface area contributed by atoms with Gasteiger partial charge < -0.3 is 10.1 Å². The Kier molecular flexibility index (Phi) is 5.09. The van der Waals surface area contributed by atoms with Crippen LogP contribution in [0.5, 0.6) is 5.75 Å². The van der Waals surface area contributed by atoms with Gasteiger partial charge in [-0.25, -0.2) is 4.98 Å². The SMILES string of the molecule is CCOc1cccc(-c2cccc(NC(=O)Cc3cnn(C)c3)n2)c1. The van der Waals surface area contributed by atoms with E-state index >= 15 is 0 Å². The van der Waals surface area contributed by atoms with E-state index in [9.17, 15) is 4.79 Å². The van der Waals surface area contributed by atoms with Gasteiger partial charge in [0.25, 0.3) is 0 Å². The average Bonchev–Trinajstić information content (AvgIpc) is 3.00. The molecular formula is C19H20N4O2. The Bertz CT molecular complexity index is 873. The van der Waals surface area contributed by atoms with Gasteiger partial charge in [0.1, 0.15) is 11.6 Å². The number of anilines is 1. The second kappa shape index (κ2) is 7.61. The fourth-order valence-corrected chi connectivity index (χ4v) is 2.51. The Morgan fingerprint density at radius 1 is 1.24 bits per heavy atom. The number of ether oxygens (including phenoxy) is 1. The number of aryl methyl sites for hydroxylation is 1. The highest BCUT2D eigenvalue weighted by Crippen LogP contribution is 2.23. The van der Waals surface area contributed by atoms with Gasteiger partial charge in [-0.1, -0.05) is 18.2 Å². The molecule has 0 saturated carbocycles. The summed E-state index contributed by atoms with van der Waals surface area (Å²) in [5.41, 5.74) is 2.58. The summed E-state index contributed by atoms with van der Waals surface area (Å²) >= 11 is 0. The lowest BCUT2D eigenvalue weighted by Gasteiger charge is -2.08. The number of nitrogens with one attached hydrogen (secondary N) is 1. The zero-order valence-corrected chi connectivity index (χ0v) is 14.3. The molecule has 0 unspecified atom stereocenters. The van der Waals surface area contributed by atoms with Gasteiger partial charge in [0, 0.05) is 18.8 Å². The van der Waals surface area contributed by atoms with Gasteiger partial charge in [-0.05, 0) is 36.8 Å². The van der Waals surface area contributed by atoms with Gasteiger partial charge >= 0.3 is 0 Å². The van der Waals surface area contributed by atoms with E-state index in [1.807, 2.05) is 56.6 Å². The molecule has 1 N–H and O–H groups in total. The number of rotatable bonds is 6. The fourth-order valence-electron chi connectivity index (χ4n) is 2.51. The maximum absolute atomic E-state index is 12.2. The molecule has 0 radical (unpaired) electrons. The highest BCUT2D eigenvalue weighted by atomic mass is 16.5. The Hall–Kier alpha value is -3.15. The molecule has 0 atom stereocenters. The van der Waals surface area contributed by atoms with Crippen molar-refractivity contribution in [1.82, 2.24) is 14.8 Å². The first kappa shape index (κ1) is 16.7. The number of hydrogen-bond acceptors (Lipinski definition) is 4. The van der Waals surface area contributed by atoms with E-state index in [0.29, 0.717) is 12.4 Å². The van der Waals surface area contributed by atoms with E-state index in [1.54, 1.807) is 16.9 Å². The smallest absolute Gasteiger partial charge is 0.230 e. The quantitative estimate of drug-likeness (QED) is 0.751. The molecule has 3 rings (SSSR count). The molecule has 0 fully saturated rings. The maximum Gasteiger partial charge on any atom is 0.230 e. The van der Waals surface area contributed by atoms with Gasteiger partial charge in [-0.15, -0.1) is 0 Å². The Morgan fingerprint density at radius 2 is 2.08 bits per heavy atom. The molecule has 0 spiro atoms. The Morgan fingerprint density at radius 3 is 2.84 bits per heavy atom. The zero-order chi connectivity index (χ0) is 17.6. The van der Waals surface area contributed by atoms with E-state index in [0.717, 1.165) is 22.6 Å². The molecule has 1 amide bonds. The molecule has 1 aromatic carbocycles. The highest BCUT2D eigenvalue weighted by molar-refractivity contribution is 5.91. The molecule has 25 heavy (non-hydrogen) atoms. The average molecular weight is 336 g/mol. The number of carbonyl (C=O) groups excluding carboxylic acids is 1. The van der Waals surface area contributed by atoms with Crippen LogP contribution in [0, 0.1) is 0 Å². The monoisotopic (exact) mass is 336 g/mol. The van der Waals surface area contributed by atoms with E-state index in [1.165, 1.54) is 0 Å². The summed E-state index contributed by atoms with van der Waals surface area (Å²) in [5.74, 6) is 1.20. The lowest BCUT2D eigenvalue weighted by molar-refractivity contribution is -0.115. The van der Waals surface area contributed by atoms with Crippen molar-refractivity contribution in [2.75, 3.05) is 11.9 Å². The molecule has 128 valence electrons. The van der Waals surface area contributed by atoms with Crippen LogP contribution in [0.4, 0.5) is 5.82 Å². The van der Waals surface area contributed by atoms with Crippen LogP contribution in [0.2, 0.25) is 0 Å². The third-order valence-corrected chi connectivity index (χ3v) is 3.58. The van der Waals surface area contributed by atoms with Crippen LogP contribution in [0.25, 0.3) is 11.3 Å². The summed E-state index contributed by atoms with van der Waals surface area (Å²) in [6, 6.07) is 13.3. The van der Waals surface area contributed by atoms with E-state index < -0.39 is 0 Å². The molecule has 0 bridgehead atoms. The van der Waals surface area contributed by atoms with Gasteiger partial charge in [-0.2, -0.15) is 5.10 Å². The van der Waals surface area contributed by atoms with Crippen LogP contribution in [0.15, 0.2) is 54.9 Å². The lowest BCUT2D eigenvalue weighted by Crippen LogP contribution is -2.15. The van der Waals surface area contributed by atoms with Crippen molar-refractivity contribution in [3.63, 3.8) is 0 Å². The summed E-state index contributed by atoms with van der Waals surface area (Å²) in [6.45, 7) is 2.56. The van der Waals surface area contributed by atoms with Crippen LogP contribution in [-0.2, 0) is 18.3 Å². The van der Waals surface area contributed by atoms with Crippen LogP contribution < -0.4 is 10.1 Å². The zero-order valence-electron chi connectivity index (χ0n) is 14.3. The molecule has 0 saturated heterocycles. The van der Waals surface area contributed by atoms with Gasteiger partial charge in [-0.3, -0.25) is 9.48 Å². The predicted octanol–water partition coefficient (Wildman–Crippen LogP) is 3.06. The Labute approximate surface area is 146 Å². The molecular weight excluding hydrogens is 316 g/mol.